The SMILES string of the molecule is Cc1ccc(CNC(C)c2ccc3ccccc3c2)s1. The summed E-state index contributed by atoms with van der Waals surface area (Å²) in [5, 5.41) is 6.22. The Kier molecular flexibility index (Phi) is 3.86. The van der Waals surface area contributed by atoms with Crippen molar-refractivity contribution in [2.45, 2.75) is 26.4 Å². The van der Waals surface area contributed by atoms with Crippen molar-refractivity contribution in [3.05, 3.63) is 69.9 Å². The summed E-state index contributed by atoms with van der Waals surface area (Å²) in [5.41, 5.74) is 1.34. The smallest absolute Gasteiger partial charge is 0.0305 e. The molecule has 1 heterocycles. The summed E-state index contributed by atoms with van der Waals surface area (Å²) in [6.07, 6.45) is 0. The van der Waals surface area contributed by atoms with Crippen molar-refractivity contribution in [2.75, 3.05) is 0 Å². The van der Waals surface area contributed by atoms with E-state index in [1.54, 1.807) is 0 Å². The molecule has 1 aromatic heterocycles. The Morgan fingerprint density at radius 2 is 1.80 bits per heavy atom. The molecule has 0 fully saturated rings. The highest BCUT2D eigenvalue weighted by molar-refractivity contribution is 7.11. The molecular weight excluding hydrogens is 262 g/mol. The number of nitrogens with one attached hydrogen (secondary N) is 1. The summed E-state index contributed by atoms with van der Waals surface area (Å²) in [6.45, 7) is 5.32. The Hall–Kier alpha value is -1.64. The summed E-state index contributed by atoms with van der Waals surface area (Å²) in [7, 11) is 0. The minimum absolute atomic E-state index is 0.363. The lowest BCUT2D eigenvalue weighted by Crippen LogP contribution is -2.17. The highest BCUT2D eigenvalue weighted by Gasteiger charge is 2.06. The van der Waals surface area contributed by atoms with Gasteiger partial charge in [0.25, 0.3) is 0 Å². The third-order valence-corrected chi connectivity index (χ3v) is 4.65. The Balaban J connectivity index is 1.73. The molecule has 102 valence electrons. The fraction of sp³-hybridized carbons (Fsp3) is 0.222. The maximum Gasteiger partial charge on any atom is 0.0305 e. The van der Waals surface area contributed by atoms with Crippen molar-refractivity contribution in [1.29, 1.82) is 0 Å². The van der Waals surface area contributed by atoms with E-state index in [2.05, 4.69) is 73.8 Å². The van der Waals surface area contributed by atoms with Gasteiger partial charge in [0, 0.05) is 22.3 Å². The van der Waals surface area contributed by atoms with Gasteiger partial charge in [0.15, 0.2) is 0 Å². The van der Waals surface area contributed by atoms with Crippen LogP contribution in [0.4, 0.5) is 0 Å². The molecule has 0 aliphatic heterocycles. The monoisotopic (exact) mass is 281 g/mol. The minimum atomic E-state index is 0.363. The van der Waals surface area contributed by atoms with Crippen LogP contribution in [0.5, 0.6) is 0 Å². The average molecular weight is 281 g/mol. The van der Waals surface area contributed by atoms with Gasteiger partial charge in [-0.1, -0.05) is 36.4 Å². The lowest BCUT2D eigenvalue weighted by Gasteiger charge is -2.14. The molecule has 0 bridgehead atoms. The topological polar surface area (TPSA) is 12.0 Å². The van der Waals surface area contributed by atoms with Crippen LogP contribution >= 0.6 is 11.3 Å². The zero-order chi connectivity index (χ0) is 13.9. The second kappa shape index (κ2) is 5.78. The quantitative estimate of drug-likeness (QED) is 0.704. The summed E-state index contributed by atoms with van der Waals surface area (Å²) in [5.74, 6) is 0. The molecule has 1 N–H and O–H groups in total. The molecule has 1 unspecified atom stereocenters. The van der Waals surface area contributed by atoms with Crippen LogP contribution < -0.4 is 5.32 Å². The Morgan fingerprint density at radius 1 is 1.00 bits per heavy atom. The summed E-state index contributed by atoms with van der Waals surface area (Å²) in [4.78, 5) is 2.77. The zero-order valence-electron chi connectivity index (χ0n) is 11.9. The first-order valence-electron chi connectivity index (χ1n) is 7.00. The van der Waals surface area contributed by atoms with E-state index >= 15 is 0 Å². The van der Waals surface area contributed by atoms with Crippen LogP contribution in [-0.4, -0.2) is 0 Å². The highest BCUT2D eigenvalue weighted by atomic mass is 32.1. The molecule has 0 saturated heterocycles. The zero-order valence-corrected chi connectivity index (χ0v) is 12.7. The Morgan fingerprint density at radius 3 is 2.55 bits per heavy atom. The van der Waals surface area contributed by atoms with E-state index in [0.29, 0.717) is 6.04 Å². The van der Waals surface area contributed by atoms with Crippen molar-refractivity contribution >= 4 is 22.1 Å². The van der Waals surface area contributed by atoms with Crippen LogP contribution in [0, 0.1) is 6.92 Å². The third-order valence-electron chi connectivity index (χ3n) is 3.65. The molecular formula is C18H19NS. The molecule has 0 radical (unpaired) electrons. The van der Waals surface area contributed by atoms with Gasteiger partial charge in [0.05, 0.1) is 0 Å². The van der Waals surface area contributed by atoms with E-state index < -0.39 is 0 Å². The van der Waals surface area contributed by atoms with E-state index in [0.717, 1.165) is 6.54 Å². The number of hydrogen-bond donors (Lipinski definition) is 1. The lowest BCUT2D eigenvalue weighted by atomic mass is 10.0. The summed E-state index contributed by atoms with van der Waals surface area (Å²) >= 11 is 1.86. The number of rotatable bonds is 4. The van der Waals surface area contributed by atoms with E-state index in [1.807, 2.05) is 11.3 Å². The molecule has 0 aliphatic rings. The van der Waals surface area contributed by atoms with Crippen LogP contribution in [0.2, 0.25) is 0 Å². The fourth-order valence-corrected chi connectivity index (χ4v) is 3.27. The summed E-state index contributed by atoms with van der Waals surface area (Å²) < 4.78 is 0. The van der Waals surface area contributed by atoms with Gasteiger partial charge in [0.1, 0.15) is 0 Å². The molecule has 0 spiro atoms. The van der Waals surface area contributed by atoms with Crippen LogP contribution in [-0.2, 0) is 6.54 Å². The first-order chi connectivity index (χ1) is 9.72. The molecule has 2 aromatic carbocycles. The lowest BCUT2D eigenvalue weighted by molar-refractivity contribution is 0.579. The first-order valence-corrected chi connectivity index (χ1v) is 7.81. The van der Waals surface area contributed by atoms with Crippen molar-refractivity contribution in [1.82, 2.24) is 5.32 Å². The standard InChI is InChI=1S/C18H19NS/c1-13-7-10-18(20-13)12-19-14(2)16-9-8-15-5-3-4-6-17(15)11-16/h3-11,14,19H,12H2,1-2H3. The van der Waals surface area contributed by atoms with Crippen molar-refractivity contribution in [2.24, 2.45) is 0 Å². The molecule has 1 atom stereocenters. The first kappa shape index (κ1) is 13.3. The van der Waals surface area contributed by atoms with Crippen LogP contribution in [0.15, 0.2) is 54.6 Å². The van der Waals surface area contributed by atoms with E-state index in [-0.39, 0.29) is 0 Å². The van der Waals surface area contributed by atoms with Crippen LogP contribution in [0.1, 0.15) is 28.3 Å². The molecule has 0 amide bonds. The van der Waals surface area contributed by atoms with E-state index in [9.17, 15) is 0 Å². The largest absolute Gasteiger partial charge is 0.305 e. The molecule has 3 aromatic rings. The van der Waals surface area contributed by atoms with Gasteiger partial charge in [-0.15, -0.1) is 11.3 Å². The molecule has 0 saturated carbocycles. The van der Waals surface area contributed by atoms with Crippen LogP contribution in [0.25, 0.3) is 10.8 Å². The highest BCUT2D eigenvalue weighted by Crippen LogP contribution is 2.21. The second-order valence-electron chi connectivity index (χ2n) is 5.22. The van der Waals surface area contributed by atoms with Crippen molar-refractivity contribution in [3.8, 4) is 0 Å². The molecule has 3 rings (SSSR count). The van der Waals surface area contributed by atoms with Crippen LogP contribution in [0.3, 0.4) is 0 Å². The molecule has 1 nitrogen and oxygen atoms in total. The molecule has 20 heavy (non-hydrogen) atoms. The van der Waals surface area contributed by atoms with Gasteiger partial charge in [-0.25, -0.2) is 0 Å². The third kappa shape index (κ3) is 2.92. The summed E-state index contributed by atoms with van der Waals surface area (Å²) in [6, 6.07) is 20.0. The van der Waals surface area contributed by atoms with Gasteiger partial charge in [-0.05, 0) is 48.4 Å². The normalized spacial score (nSPS) is 12.7. The fourth-order valence-electron chi connectivity index (χ4n) is 2.43. The second-order valence-corrected chi connectivity index (χ2v) is 6.59. The van der Waals surface area contributed by atoms with E-state index in [1.165, 1.54) is 26.1 Å². The van der Waals surface area contributed by atoms with Crippen molar-refractivity contribution < 1.29 is 0 Å². The minimum Gasteiger partial charge on any atom is -0.305 e. The number of aryl methyl sites for hydroxylation is 1. The molecule has 2 heteroatoms. The van der Waals surface area contributed by atoms with Gasteiger partial charge in [-0.2, -0.15) is 0 Å². The maximum atomic E-state index is 3.60. The van der Waals surface area contributed by atoms with E-state index in [4.69, 9.17) is 0 Å². The van der Waals surface area contributed by atoms with Gasteiger partial charge in [-0.3, -0.25) is 0 Å². The van der Waals surface area contributed by atoms with Gasteiger partial charge < -0.3 is 5.32 Å². The predicted octanol–water partition coefficient (Wildman–Crippen LogP) is 5.06. The number of hydrogen-bond acceptors (Lipinski definition) is 2. The van der Waals surface area contributed by atoms with Gasteiger partial charge in [0.2, 0.25) is 0 Å². The molecule has 0 aliphatic carbocycles. The maximum absolute atomic E-state index is 3.60. The average Bonchev–Trinajstić information content (AvgIpc) is 2.90. The predicted molar refractivity (Wildman–Crippen MR) is 88.3 cm³/mol. The number of benzene rings is 2. The Bertz CT molecular complexity index is 714. The van der Waals surface area contributed by atoms with Crippen molar-refractivity contribution in [3.63, 3.8) is 0 Å². The Labute approximate surface area is 124 Å². The number of fused-ring (bicyclic) bond motifs is 1. The van der Waals surface area contributed by atoms with Gasteiger partial charge >= 0.3 is 0 Å². The number of thiophene rings is 1.